The molecule has 0 bridgehead atoms. The molecular formula is C18H15N3O5S. The first kappa shape index (κ1) is 17.4. The minimum absolute atomic E-state index is 0.0982. The van der Waals surface area contributed by atoms with Crippen molar-refractivity contribution in [3.63, 3.8) is 0 Å². The first-order valence-corrected chi connectivity index (χ1v) is 9.64. The topological polar surface area (TPSA) is 103 Å². The molecule has 0 aliphatic carbocycles. The summed E-state index contributed by atoms with van der Waals surface area (Å²) in [6, 6.07) is 16.3. The summed E-state index contributed by atoms with van der Waals surface area (Å²) in [5, 5.41) is 11.8. The van der Waals surface area contributed by atoms with Crippen molar-refractivity contribution in [2.75, 3.05) is 13.1 Å². The van der Waals surface area contributed by atoms with E-state index in [1.54, 1.807) is 6.07 Å². The number of ether oxygens (including phenoxy) is 1. The fraction of sp³-hybridized carbons (Fsp3) is 0.167. The minimum Gasteiger partial charge on any atom is -0.472 e. The van der Waals surface area contributed by atoms with Crippen LogP contribution in [0.15, 0.2) is 65.6 Å². The first-order chi connectivity index (χ1) is 12.9. The number of sulfonamides is 1. The maximum absolute atomic E-state index is 12.6. The van der Waals surface area contributed by atoms with E-state index in [0.717, 1.165) is 17.0 Å². The molecule has 2 heterocycles. The fourth-order valence-corrected chi connectivity index (χ4v) is 4.41. The Kier molecular flexibility index (Phi) is 4.25. The Hall–Kier alpha value is -3.04. The summed E-state index contributed by atoms with van der Waals surface area (Å²) >= 11 is 0. The monoisotopic (exact) mass is 385 g/mol. The third kappa shape index (κ3) is 3.34. The molecule has 0 radical (unpaired) electrons. The molecule has 3 aromatic rings. The van der Waals surface area contributed by atoms with Crippen molar-refractivity contribution in [1.29, 1.82) is 0 Å². The normalized spacial score (nSPS) is 15.4. The Bertz CT molecular complexity index is 1130. The molecular weight excluding hydrogens is 370 g/mol. The lowest BCUT2D eigenvalue weighted by molar-refractivity contribution is -0.385. The van der Waals surface area contributed by atoms with Gasteiger partial charge in [-0.05, 0) is 18.2 Å². The van der Waals surface area contributed by atoms with E-state index in [9.17, 15) is 18.5 Å². The molecule has 138 valence electrons. The number of aromatic nitrogens is 1. The number of para-hydroxylation sites is 1. The van der Waals surface area contributed by atoms with Gasteiger partial charge in [0.05, 0.1) is 28.4 Å². The van der Waals surface area contributed by atoms with Gasteiger partial charge in [-0.2, -0.15) is 4.31 Å². The highest BCUT2D eigenvalue weighted by atomic mass is 32.2. The second-order valence-corrected chi connectivity index (χ2v) is 8.10. The number of fused-ring (bicyclic) bond motifs is 1. The zero-order valence-corrected chi connectivity index (χ0v) is 14.9. The molecule has 1 saturated heterocycles. The molecule has 0 amide bonds. The van der Waals surface area contributed by atoms with Crippen LogP contribution in [0.2, 0.25) is 0 Å². The lowest BCUT2D eigenvalue weighted by atomic mass is 10.2. The molecule has 1 aliphatic heterocycles. The standard InChI is InChI=1S/C18H15N3O5S/c22-21(23)14-5-3-6-16(10-14)27(24,25)20-11-15(12-20)26-18-9-8-13-4-1-2-7-17(13)19-18/h1-10,15H,11-12H2. The summed E-state index contributed by atoms with van der Waals surface area (Å²) in [6.07, 6.45) is -0.313. The van der Waals surface area contributed by atoms with E-state index in [-0.39, 0.29) is 29.8 Å². The van der Waals surface area contributed by atoms with Crippen LogP contribution >= 0.6 is 0 Å². The molecule has 1 aromatic heterocycles. The molecule has 0 atom stereocenters. The second-order valence-electron chi connectivity index (χ2n) is 6.16. The van der Waals surface area contributed by atoms with Crippen LogP contribution in [0.1, 0.15) is 0 Å². The quantitative estimate of drug-likeness (QED) is 0.494. The summed E-state index contributed by atoms with van der Waals surface area (Å²) < 4.78 is 32.2. The highest BCUT2D eigenvalue weighted by Gasteiger charge is 2.38. The van der Waals surface area contributed by atoms with Crippen LogP contribution in [-0.2, 0) is 10.0 Å². The molecule has 27 heavy (non-hydrogen) atoms. The van der Waals surface area contributed by atoms with Gasteiger partial charge < -0.3 is 4.74 Å². The zero-order chi connectivity index (χ0) is 19.0. The molecule has 2 aromatic carbocycles. The van der Waals surface area contributed by atoms with E-state index in [2.05, 4.69) is 4.98 Å². The summed E-state index contributed by atoms with van der Waals surface area (Å²) in [4.78, 5) is 14.5. The number of rotatable bonds is 5. The molecule has 4 rings (SSSR count). The van der Waals surface area contributed by atoms with E-state index in [1.807, 2.05) is 30.3 Å². The number of hydrogen-bond donors (Lipinski definition) is 0. The van der Waals surface area contributed by atoms with Gasteiger partial charge in [-0.3, -0.25) is 10.1 Å². The molecule has 0 unspecified atom stereocenters. The molecule has 0 saturated carbocycles. The number of benzene rings is 2. The minimum atomic E-state index is -3.79. The van der Waals surface area contributed by atoms with Crippen molar-refractivity contribution in [2.24, 2.45) is 0 Å². The summed E-state index contributed by atoms with van der Waals surface area (Å²) in [5.74, 6) is 0.436. The van der Waals surface area contributed by atoms with Gasteiger partial charge in [-0.25, -0.2) is 13.4 Å². The number of non-ortho nitro benzene ring substituents is 1. The molecule has 0 N–H and O–H groups in total. The van der Waals surface area contributed by atoms with E-state index in [0.29, 0.717) is 5.88 Å². The molecule has 1 fully saturated rings. The highest BCUT2D eigenvalue weighted by molar-refractivity contribution is 7.89. The third-order valence-corrected chi connectivity index (χ3v) is 6.17. The van der Waals surface area contributed by atoms with Crippen molar-refractivity contribution in [3.05, 3.63) is 70.8 Å². The van der Waals surface area contributed by atoms with Crippen LogP contribution in [0.5, 0.6) is 5.88 Å². The Morgan fingerprint density at radius 1 is 1.07 bits per heavy atom. The van der Waals surface area contributed by atoms with Gasteiger partial charge in [0.25, 0.3) is 5.69 Å². The lowest BCUT2D eigenvalue weighted by Gasteiger charge is -2.37. The summed E-state index contributed by atoms with van der Waals surface area (Å²) in [5.41, 5.74) is 0.542. The van der Waals surface area contributed by atoms with Crippen molar-refractivity contribution < 1.29 is 18.1 Å². The van der Waals surface area contributed by atoms with Crippen LogP contribution in [0.4, 0.5) is 5.69 Å². The number of nitrogens with zero attached hydrogens (tertiary/aromatic N) is 3. The van der Waals surface area contributed by atoms with E-state index < -0.39 is 14.9 Å². The molecule has 9 heteroatoms. The van der Waals surface area contributed by atoms with E-state index >= 15 is 0 Å². The fourth-order valence-electron chi connectivity index (χ4n) is 2.86. The van der Waals surface area contributed by atoms with Crippen LogP contribution < -0.4 is 4.74 Å². The number of nitro benzene ring substituents is 1. The average Bonchev–Trinajstić information content (AvgIpc) is 2.64. The smallest absolute Gasteiger partial charge is 0.270 e. The van der Waals surface area contributed by atoms with Gasteiger partial charge in [0.15, 0.2) is 0 Å². The second kappa shape index (κ2) is 6.60. The van der Waals surface area contributed by atoms with Crippen molar-refractivity contribution in [3.8, 4) is 5.88 Å². The van der Waals surface area contributed by atoms with Crippen molar-refractivity contribution >= 4 is 26.6 Å². The number of pyridine rings is 1. The molecule has 0 spiro atoms. The van der Waals surface area contributed by atoms with Crippen LogP contribution in [0, 0.1) is 10.1 Å². The maximum atomic E-state index is 12.6. The highest BCUT2D eigenvalue weighted by Crippen LogP contribution is 2.27. The predicted octanol–water partition coefficient (Wildman–Crippen LogP) is 2.59. The molecule has 8 nitrogen and oxygen atoms in total. The Morgan fingerprint density at radius 3 is 2.63 bits per heavy atom. The average molecular weight is 385 g/mol. The summed E-state index contributed by atoms with van der Waals surface area (Å²) in [7, 11) is -3.79. The van der Waals surface area contributed by atoms with Gasteiger partial charge in [0.1, 0.15) is 6.10 Å². The molecule has 1 aliphatic rings. The zero-order valence-electron chi connectivity index (χ0n) is 14.1. The van der Waals surface area contributed by atoms with E-state index in [4.69, 9.17) is 4.74 Å². The SMILES string of the molecule is O=[N+]([O-])c1cccc(S(=O)(=O)N2CC(Oc3ccc4ccccc4n3)C2)c1. The Morgan fingerprint density at radius 2 is 1.85 bits per heavy atom. The first-order valence-electron chi connectivity index (χ1n) is 8.20. The van der Waals surface area contributed by atoms with Gasteiger partial charge >= 0.3 is 0 Å². The van der Waals surface area contributed by atoms with Crippen LogP contribution in [0.25, 0.3) is 10.9 Å². The summed E-state index contributed by atoms with van der Waals surface area (Å²) in [6.45, 7) is 0.332. The lowest BCUT2D eigenvalue weighted by Crippen LogP contribution is -2.56. The van der Waals surface area contributed by atoms with Gasteiger partial charge in [0, 0.05) is 23.6 Å². The Labute approximate surface area is 155 Å². The van der Waals surface area contributed by atoms with Crippen LogP contribution in [-0.4, -0.2) is 41.8 Å². The van der Waals surface area contributed by atoms with Crippen molar-refractivity contribution in [1.82, 2.24) is 9.29 Å². The van der Waals surface area contributed by atoms with Gasteiger partial charge in [0.2, 0.25) is 15.9 Å². The van der Waals surface area contributed by atoms with Gasteiger partial charge in [-0.1, -0.05) is 24.3 Å². The van der Waals surface area contributed by atoms with Crippen molar-refractivity contribution in [2.45, 2.75) is 11.0 Å². The third-order valence-electron chi connectivity index (χ3n) is 4.34. The number of nitro groups is 1. The predicted molar refractivity (Wildman–Crippen MR) is 98.0 cm³/mol. The number of hydrogen-bond acceptors (Lipinski definition) is 6. The maximum Gasteiger partial charge on any atom is 0.270 e. The van der Waals surface area contributed by atoms with E-state index in [1.165, 1.54) is 22.5 Å². The Balaban J connectivity index is 1.45. The van der Waals surface area contributed by atoms with Gasteiger partial charge in [-0.15, -0.1) is 0 Å². The van der Waals surface area contributed by atoms with Crippen LogP contribution in [0.3, 0.4) is 0 Å². The largest absolute Gasteiger partial charge is 0.472 e.